The smallest absolute Gasteiger partial charge is 0.166 e. The number of fused-ring (bicyclic) bond motifs is 1. The van der Waals surface area contributed by atoms with E-state index in [1.807, 2.05) is 13.8 Å². The molecule has 20 heavy (non-hydrogen) atoms. The molecule has 1 aliphatic rings. The minimum Gasteiger partial charge on any atom is -0.372 e. The highest BCUT2D eigenvalue weighted by atomic mass is 16.3. The van der Waals surface area contributed by atoms with Crippen molar-refractivity contribution < 1.29 is 5.11 Å². The standard InChI is InChI=1S/C14H19N5O/c1-5-6-19-8-17-12-10(7-15)13(16-4)18-9(2)11(12)14(19,3)20/h8,20H,5-6H2,1-4H3,(H,16,18). The highest BCUT2D eigenvalue weighted by Gasteiger charge is 2.38. The SMILES string of the molecule is CCCN1C=Nc2c(C#N)c(NC)nc(C)c2C1(C)O. The van der Waals surface area contributed by atoms with E-state index in [0.29, 0.717) is 34.9 Å². The van der Waals surface area contributed by atoms with Gasteiger partial charge in [0, 0.05) is 19.3 Å². The molecule has 0 radical (unpaired) electrons. The predicted molar refractivity (Wildman–Crippen MR) is 78.0 cm³/mol. The van der Waals surface area contributed by atoms with Crippen LogP contribution in [0.4, 0.5) is 11.5 Å². The zero-order valence-corrected chi connectivity index (χ0v) is 12.2. The second kappa shape index (κ2) is 5.10. The molecule has 0 amide bonds. The molecule has 2 N–H and O–H groups in total. The zero-order chi connectivity index (χ0) is 14.9. The Morgan fingerprint density at radius 2 is 2.25 bits per heavy atom. The van der Waals surface area contributed by atoms with E-state index in [1.54, 1.807) is 25.2 Å². The van der Waals surface area contributed by atoms with E-state index in [1.165, 1.54) is 0 Å². The Bertz CT molecular complexity index is 601. The average molecular weight is 273 g/mol. The molecule has 0 bridgehead atoms. The molecular formula is C14H19N5O. The summed E-state index contributed by atoms with van der Waals surface area (Å²) in [6, 6.07) is 2.12. The van der Waals surface area contributed by atoms with Gasteiger partial charge < -0.3 is 15.3 Å². The Balaban J connectivity index is 2.70. The molecule has 0 saturated carbocycles. The summed E-state index contributed by atoms with van der Waals surface area (Å²) in [6.45, 7) is 6.25. The Morgan fingerprint density at radius 1 is 1.55 bits per heavy atom. The lowest BCUT2D eigenvalue weighted by Crippen LogP contribution is -2.46. The molecule has 106 valence electrons. The number of nitrogens with one attached hydrogen (secondary N) is 1. The van der Waals surface area contributed by atoms with Crippen molar-refractivity contribution in [1.82, 2.24) is 9.88 Å². The summed E-state index contributed by atoms with van der Waals surface area (Å²) in [7, 11) is 1.71. The first-order valence-corrected chi connectivity index (χ1v) is 6.63. The van der Waals surface area contributed by atoms with Gasteiger partial charge in [0.1, 0.15) is 17.5 Å². The van der Waals surface area contributed by atoms with Gasteiger partial charge in [0.05, 0.1) is 17.6 Å². The molecule has 6 heteroatoms. The Labute approximate surface area is 118 Å². The highest BCUT2D eigenvalue weighted by molar-refractivity contribution is 5.78. The molecule has 1 unspecified atom stereocenters. The van der Waals surface area contributed by atoms with E-state index in [-0.39, 0.29) is 0 Å². The number of rotatable bonds is 3. The highest BCUT2D eigenvalue weighted by Crippen LogP contribution is 2.41. The van der Waals surface area contributed by atoms with Gasteiger partial charge in [-0.2, -0.15) is 5.26 Å². The summed E-state index contributed by atoms with van der Waals surface area (Å²) in [5.41, 5.74) is 0.931. The summed E-state index contributed by atoms with van der Waals surface area (Å²) in [4.78, 5) is 10.5. The maximum Gasteiger partial charge on any atom is 0.166 e. The Morgan fingerprint density at radius 3 is 2.80 bits per heavy atom. The van der Waals surface area contributed by atoms with Gasteiger partial charge in [-0.25, -0.2) is 9.98 Å². The van der Waals surface area contributed by atoms with Crippen molar-refractivity contribution in [2.24, 2.45) is 4.99 Å². The van der Waals surface area contributed by atoms with Gasteiger partial charge in [-0.3, -0.25) is 0 Å². The topological polar surface area (TPSA) is 84.5 Å². The second-order valence-corrected chi connectivity index (χ2v) is 4.97. The molecule has 2 rings (SSSR count). The van der Waals surface area contributed by atoms with Crippen LogP contribution >= 0.6 is 0 Å². The summed E-state index contributed by atoms with van der Waals surface area (Å²) >= 11 is 0. The van der Waals surface area contributed by atoms with E-state index in [2.05, 4.69) is 21.4 Å². The molecule has 1 aromatic heterocycles. The lowest BCUT2D eigenvalue weighted by Gasteiger charge is -2.40. The van der Waals surface area contributed by atoms with Gasteiger partial charge in [-0.15, -0.1) is 0 Å². The quantitative estimate of drug-likeness (QED) is 0.878. The van der Waals surface area contributed by atoms with Gasteiger partial charge in [0.15, 0.2) is 5.72 Å². The third kappa shape index (κ3) is 2.00. The Hall–Kier alpha value is -2.13. The number of hydrogen-bond acceptors (Lipinski definition) is 6. The lowest BCUT2D eigenvalue weighted by atomic mass is 9.95. The van der Waals surface area contributed by atoms with Gasteiger partial charge in [-0.05, 0) is 20.3 Å². The van der Waals surface area contributed by atoms with Gasteiger partial charge in [0.25, 0.3) is 0 Å². The van der Waals surface area contributed by atoms with Crippen LogP contribution < -0.4 is 5.32 Å². The fourth-order valence-corrected chi connectivity index (χ4v) is 2.57. The van der Waals surface area contributed by atoms with E-state index >= 15 is 0 Å². The molecular weight excluding hydrogens is 254 g/mol. The average Bonchev–Trinajstić information content (AvgIpc) is 2.41. The van der Waals surface area contributed by atoms with Gasteiger partial charge >= 0.3 is 0 Å². The van der Waals surface area contributed by atoms with Crippen molar-refractivity contribution in [2.75, 3.05) is 18.9 Å². The van der Waals surface area contributed by atoms with E-state index in [4.69, 9.17) is 0 Å². The van der Waals surface area contributed by atoms with E-state index in [0.717, 1.165) is 6.42 Å². The number of hydrogen-bond donors (Lipinski definition) is 2. The van der Waals surface area contributed by atoms with Crippen molar-refractivity contribution >= 4 is 17.8 Å². The fourth-order valence-electron chi connectivity index (χ4n) is 2.57. The number of aliphatic imine (C=N–C) groups is 1. The third-order valence-corrected chi connectivity index (χ3v) is 3.52. The normalized spacial score (nSPS) is 20.5. The van der Waals surface area contributed by atoms with Crippen LogP contribution in [0, 0.1) is 18.3 Å². The van der Waals surface area contributed by atoms with E-state index in [9.17, 15) is 10.4 Å². The molecule has 0 fully saturated rings. The van der Waals surface area contributed by atoms with Crippen LogP contribution in [0.15, 0.2) is 4.99 Å². The van der Waals surface area contributed by atoms with Crippen molar-refractivity contribution in [3.8, 4) is 6.07 Å². The summed E-state index contributed by atoms with van der Waals surface area (Å²) in [5.74, 6) is 0.487. The van der Waals surface area contributed by atoms with Gasteiger partial charge in [0.2, 0.25) is 0 Å². The number of nitrogens with zero attached hydrogens (tertiary/aromatic N) is 4. The van der Waals surface area contributed by atoms with Crippen LogP contribution in [0.25, 0.3) is 0 Å². The first-order valence-electron chi connectivity index (χ1n) is 6.63. The minimum absolute atomic E-state index is 0.362. The van der Waals surface area contributed by atoms with Crippen LogP contribution in [-0.2, 0) is 5.72 Å². The summed E-state index contributed by atoms with van der Waals surface area (Å²) in [6.07, 6.45) is 2.50. The number of nitriles is 1. The number of anilines is 1. The molecule has 0 saturated heterocycles. The fraction of sp³-hybridized carbons (Fsp3) is 0.500. The molecule has 6 nitrogen and oxygen atoms in total. The second-order valence-electron chi connectivity index (χ2n) is 4.97. The molecule has 2 heterocycles. The van der Waals surface area contributed by atoms with Crippen LogP contribution in [0.2, 0.25) is 0 Å². The largest absolute Gasteiger partial charge is 0.372 e. The molecule has 0 aromatic carbocycles. The van der Waals surface area contributed by atoms with Crippen molar-refractivity contribution in [1.29, 1.82) is 5.26 Å². The van der Waals surface area contributed by atoms with Crippen molar-refractivity contribution in [3.05, 3.63) is 16.8 Å². The number of pyridine rings is 1. The molecule has 1 aliphatic heterocycles. The summed E-state index contributed by atoms with van der Waals surface area (Å²) < 4.78 is 0. The zero-order valence-electron chi connectivity index (χ0n) is 12.2. The first-order chi connectivity index (χ1) is 9.47. The predicted octanol–water partition coefficient (Wildman–Crippen LogP) is 1.85. The number of aliphatic hydroxyl groups is 1. The monoisotopic (exact) mass is 273 g/mol. The van der Waals surface area contributed by atoms with Crippen LogP contribution in [0.1, 0.15) is 37.1 Å². The van der Waals surface area contributed by atoms with Gasteiger partial charge in [-0.1, -0.05) is 6.92 Å². The van der Waals surface area contributed by atoms with E-state index < -0.39 is 5.72 Å². The molecule has 1 aromatic rings. The van der Waals surface area contributed by atoms with Crippen molar-refractivity contribution in [2.45, 2.75) is 32.9 Å². The first kappa shape index (κ1) is 14.3. The van der Waals surface area contributed by atoms with Crippen LogP contribution in [0.3, 0.4) is 0 Å². The maximum atomic E-state index is 10.8. The Kier molecular flexibility index (Phi) is 3.64. The lowest BCUT2D eigenvalue weighted by molar-refractivity contribution is -0.0586. The van der Waals surface area contributed by atoms with Crippen molar-refractivity contribution in [3.63, 3.8) is 0 Å². The molecule has 0 spiro atoms. The third-order valence-electron chi connectivity index (χ3n) is 3.52. The molecule has 0 aliphatic carbocycles. The van der Waals surface area contributed by atoms with Crippen LogP contribution in [0.5, 0.6) is 0 Å². The minimum atomic E-state index is -1.21. The van der Waals surface area contributed by atoms with Crippen LogP contribution in [-0.4, -0.2) is 34.9 Å². The molecule has 1 atom stereocenters. The summed E-state index contributed by atoms with van der Waals surface area (Å²) in [5, 5.41) is 23.1. The maximum absolute atomic E-state index is 10.8. The number of aryl methyl sites for hydroxylation is 1. The number of aromatic nitrogens is 1.